The predicted octanol–water partition coefficient (Wildman–Crippen LogP) is 2.59. The smallest absolute Gasteiger partial charge is 0.0471 e. The fourth-order valence-electron chi connectivity index (χ4n) is 2.16. The number of benzene rings is 1. The molecule has 3 unspecified atom stereocenters. The molecular formula is C17H30N2O. The van der Waals surface area contributed by atoms with E-state index in [0.717, 1.165) is 0 Å². The molecule has 0 aromatic heterocycles. The molecule has 0 aliphatic heterocycles. The van der Waals surface area contributed by atoms with E-state index in [4.69, 9.17) is 5.73 Å². The van der Waals surface area contributed by atoms with Gasteiger partial charge < -0.3 is 16.2 Å². The highest BCUT2D eigenvalue weighted by Gasteiger charge is 2.18. The molecule has 0 fully saturated rings. The molecular weight excluding hydrogens is 248 g/mol. The first-order valence-electron chi connectivity index (χ1n) is 7.47. The first-order chi connectivity index (χ1) is 9.29. The highest BCUT2D eigenvalue weighted by atomic mass is 16.3. The standard InChI is InChI=1S/C17H30N2O/c1-12(11-20)13(2)19-16(10-18)14-6-8-15(9-7-14)17(3,4)5/h6-9,12-13,16,19-20H,10-11,18H2,1-5H3. The zero-order chi connectivity index (χ0) is 15.3. The van der Waals surface area contributed by atoms with Gasteiger partial charge in [0, 0.05) is 25.2 Å². The van der Waals surface area contributed by atoms with Gasteiger partial charge in [0.05, 0.1) is 0 Å². The minimum absolute atomic E-state index is 0.132. The SMILES string of the molecule is CC(CO)C(C)NC(CN)c1ccc(C(C)(C)C)cc1. The van der Waals surface area contributed by atoms with Crippen LogP contribution in [0.15, 0.2) is 24.3 Å². The molecule has 0 radical (unpaired) electrons. The van der Waals surface area contributed by atoms with Gasteiger partial charge in [-0.3, -0.25) is 0 Å². The lowest BCUT2D eigenvalue weighted by atomic mass is 9.86. The van der Waals surface area contributed by atoms with Gasteiger partial charge in [-0.1, -0.05) is 52.0 Å². The zero-order valence-corrected chi connectivity index (χ0v) is 13.5. The van der Waals surface area contributed by atoms with E-state index in [2.05, 4.69) is 57.3 Å². The molecule has 0 bridgehead atoms. The zero-order valence-electron chi connectivity index (χ0n) is 13.5. The van der Waals surface area contributed by atoms with Gasteiger partial charge in [0.2, 0.25) is 0 Å². The summed E-state index contributed by atoms with van der Waals surface area (Å²) in [5.41, 5.74) is 8.60. The summed E-state index contributed by atoms with van der Waals surface area (Å²) < 4.78 is 0. The summed E-state index contributed by atoms with van der Waals surface area (Å²) in [6.07, 6.45) is 0. The van der Waals surface area contributed by atoms with Crippen molar-refractivity contribution in [2.24, 2.45) is 11.7 Å². The summed E-state index contributed by atoms with van der Waals surface area (Å²) in [5, 5.41) is 12.7. The Morgan fingerprint density at radius 3 is 2.10 bits per heavy atom. The molecule has 0 heterocycles. The van der Waals surface area contributed by atoms with Crippen molar-refractivity contribution in [1.82, 2.24) is 5.32 Å². The van der Waals surface area contributed by atoms with Gasteiger partial charge in [-0.15, -0.1) is 0 Å². The van der Waals surface area contributed by atoms with Crippen molar-refractivity contribution in [3.05, 3.63) is 35.4 Å². The molecule has 20 heavy (non-hydrogen) atoms. The fourth-order valence-corrected chi connectivity index (χ4v) is 2.16. The average molecular weight is 278 g/mol. The first kappa shape index (κ1) is 17.2. The van der Waals surface area contributed by atoms with Crippen LogP contribution in [0.5, 0.6) is 0 Å². The van der Waals surface area contributed by atoms with Gasteiger partial charge in [0.25, 0.3) is 0 Å². The normalized spacial score (nSPS) is 16.8. The van der Waals surface area contributed by atoms with E-state index in [-0.39, 0.29) is 30.0 Å². The van der Waals surface area contributed by atoms with Crippen molar-refractivity contribution in [3.63, 3.8) is 0 Å². The van der Waals surface area contributed by atoms with E-state index in [1.807, 2.05) is 6.92 Å². The Morgan fingerprint density at radius 1 is 1.15 bits per heavy atom. The van der Waals surface area contributed by atoms with Crippen LogP contribution < -0.4 is 11.1 Å². The molecule has 0 saturated heterocycles. The third-order valence-corrected chi connectivity index (χ3v) is 4.02. The molecule has 1 aromatic carbocycles. The van der Waals surface area contributed by atoms with E-state index >= 15 is 0 Å². The molecule has 0 amide bonds. The van der Waals surface area contributed by atoms with Crippen molar-refractivity contribution in [2.45, 2.75) is 52.1 Å². The minimum Gasteiger partial charge on any atom is -0.396 e. The molecule has 0 aliphatic carbocycles. The number of aliphatic hydroxyl groups is 1. The predicted molar refractivity (Wildman–Crippen MR) is 85.8 cm³/mol. The molecule has 3 heteroatoms. The van der Waals surface area contributed by atoms with E-state index in [1.54, 1.807) is 0 Å². The summed E-state index contributed by atoms with van der Waals surface area (Å²) in [6, 6.07) is 9.03. The molecule has 3 nitrogen and oxygen atoms in total. The topological polar surface area (TPSA) is 58.3 Å². The molecule has 0 spiro atoms. The van der Waals surface area contributed by atoms with Crippen LogP contribution in [0.2, 0.25) is 0 Å². The van der Waals surface area contributed by atoms with Gasteiger partial charge in [-0.2, -0.15) is 0 Å². The summed E-state index contributed by atoms with van der Waals surface area (Å²) in [4.78, 5) is 0. The Labute approximate surface area is 123 Å². The maximum atomic E-state index is 9.22. The first-order valence-corrected chi connectivity index (χ1v) is 7.47. The summed E-state index contributed by atoms with van der Waals surface area (Å²) in [6.45, 7) is 11.5. The monoisotopic (exact) mass is 278 g/mol. The van der Waals surface area contributed by atoms with Gasteiger partial charge >= 0.3 is 0 Å². The van der Waals surface area contributed by atoms with Crippen molar-refractivity contribution in [3.8, 4) is 0 Å². The average Bonchev–Trinajstić information content (AvgIpc) is 2.42. The molecule has 1 rings (SSSR count). The summed E-state index contributed by atoms with van der Waals surface area (Å²) >= 11 is 0. The summed E-state index contributed by atoms with van der Waals surface area (Å²) in [5.74, 6) is 0.220. The van der Waals surface area contributed by atoms with Gasteiger partial charge in [-0.25, -0.2) is 0 Å². The molecule has 0 saturated carbocycles. The van der Waals surface area contributed by atoms with E-state index in [9.17, 15) is 5.11 Å². The van der Waals surface area contributed by atoms with E-state index in [1.165, 1.54) is 11.1 Å². The number of rotatable bonds is 6. The summed E-state index contributed by atoms with van der Waals surface area (Å²) in [7, 11) is 0. The highest BCUT2D eigenvalue weighted by Crippen LogP contribution is 2.24. The van der Waals surface area contributed by atoms with Crippen molar-refractivity contribution >= 4 is 0 Å². The molecule has 1 aromatic rings. The highest BCUT2D eigenvalue weighted by molar-refractivity contribution is 5.29. The van der Waals surface area contributed by atoms with Crippen LogP contribution in [-0.4, -0.2) is 24.3 Å². The second kappa shape index (κ2) is 7.21. The number of nitrogens with two attached hydrogens (primary N) is 1. The molecule has 0 aliphatic rings. The van der Waals surface area contributed by atoms with Crippen molar-refractivity contribution < 1.29 is 5.11 Å². The fraction of sp³-hybridized carbons (Fsp3) is 0.647. The van der Waals surface area contributed by atoms with Crippen LogP contribution in [0.4, 0.5) is 0 Å². The Balaban J connectivity index is 2.80. The third kappa shape index (κ3) is 4.58. The van der Waals surface area contributed by atoms with Crippen LogP contribution in [0, 0.1) is 5.92 Å². The van der Waals surface area contributed by atoms with Crippen molar-refractivity contribution in [2.75, 3.05) is 13.2 Å². The quantitative estimate of drug-likeness (QED) is 0.749. The lowest BCUT2D eigenvalue weighted by Crippen LogP contribution is -2.39. The Hall–Kier alpha value is -0.900. The molecule has 3 atom stereocenters. The lowest BCUT2D eigenvalue weighted by Gasteiger charge is -2.27. The van der Waals surface area contributed by atoms with E-state index < -0.39 is 0 Å². The minimum atomic E-state index is 0.132. The second-order valence-electron chi connectivity index (χ2n) is 6.78. The van der Waals surface area contributed by atoms with Gasteiger partial charge in [0.15, 0.2) is 0 Å². The molecule has 114 valence electrons. The number of nitrogens with one attached hydrogen (secondary N) is 1. The van der Waals surface area contributed by atoms with Crippen molar-refractivity contribution in [1.29, 1.82) is 0 Å². The third-order valence-electron chi connectivity index (χ3n) is 4.02. The van der Waals surface area contributed by atoms with Crippen LogP contribution in [0.25, 0.3) is 0 Å². The number of hydrogen-bond donors (Lipinski definition) is 3. The van der Waals surface area contributed by atoms with Gasteiger partial charge in [0.1, 0.15) is 0 Å². The maximum Gasteiger partial charge on any atom is 0.0471 e. The van der Waals surface area contributed by atoms with Crippen LogP contribution in [-0.2, 0) is 5.41 Å². The van der Waals surface area contributed by atoms with Crippen LogP contribution in [0.1, 0.15) is 51.8 Å². The Bertz CT molecular complexity index is 394. The van der Waals surface area contributed by atoms with E-state index in [0.29, 0.717) is 6.54 Å². The largest absolute Gasteiger partial charge is 0.396 e. The molecule has 4 N–H and O–H groups in total. The Kier molecular flexibility index (Phi) is 6.18. The Morgan fingerprint density at radius 2 is 1.70 bits per heavy atom. The second-order valence-corrected chi connectivity index (χ2v) is 6.78. The maximum absolute atomic E-state index is 9.22. The number of hydrogen-bond acceptors (Lipinski definition) is 3. The van der Waals surface area contributed by atoms with Crippen LogP contribution in [0.3, 0.4) is 0 Å². The lowest BCUT2D eigenvalue weighted by molar-refractivity contribution is 0.201. The number of aliphatic hydroxyl groups excluding tert-OH is 1. The van der Waals surface area contributed by atoms with Crippen LogP contribution >= 0.6 is 0 Å². The van der Waals surface area contributed by atoms with Gasteiger partial charge in [-0.05, 0) is 29.4 Å².